The predicted molar refractivity (Wildman–Crippen MR) is 202 cm³/mol. The van der Waals surface area contributed by atoms with Crippen molar-refractivity contribution in [2.75, 3.05) is 7.05 Å². The zero-order chi connectivity index (χ0) is 32.9. The molecule has 7 rings (SSSR count). The molecule has 2 unspecified atom stereocenters. The fourth-order valence-corrected chi connectivity index (χ4v) is 8.24. The summed E-state index contributed by atoms with van der Waals surface area (Å²) in [6, 6.07) is 45.3. The Balaban J connectivity index is 1.09. The molecule has 0 spiro atoms. The van der Waals surface area contributed by atoms with Gasteiger partial charge in [0.15, 0.2) is 5.71 Å². The fourth-order valence-electron chi connectivity index (χ4n) is 8.24. The monoisotopic (exact) mass is 612 g/mol. The van der Waals surface area contributed by atoms with E-state index < -0.39 is 0 Å². The van der Waals surface area contributed by atoms with Gasteiger partial charge in [0.2, 0.25) is 5.69 Å². The first-order chi connectivity index (χ1) is 22.6. The van der Waals surface area contributed by atoms with Gasteiger partial charge in [-0.1, -0.05) is 128 Å². The fraction of sp³-hybridized carbons (Fsp3) is 0.239. The van der Waals surface area contributed by atoms with Crippen LogP contribution >= 0.6 is 0 Å². The van der Waals surface area contributed by atoms with Crippen molar-refractivity contribution in [3.05, 3.63) is 172 Å². The summed E-state index contributed by atoms with van der Waals surface area (Å²) >= 11 is 0. The Bertz CT molecular complexity index is 2180. The molecule has 6 aromatic rings. The number of aryl methyl sites for hydroxylation is 1. The number of hydrogen-bond donors (Lipinski definition) is 0. The third kappa shape index (κ3) is 5.32. The molecule has 6 aromatic carbocycles. The van der Waals surface area contributed by atoms with Crippen molar-refractivity contribution in [1.82, 2.24) is 0 Å². The maximum atomic E-state index is 4.49. The molecule has 1 aliphatic rings. The van der Waals surface area contributed by atoms with Crippen molar-refractivity contribution in [3.63, 3.8) is 0 Å². The third-order valence-corrected chi connectivity index (χ3v) is 11.3. The van der Waals surface area contributed by atoms with E-state index in [0.29, 0.717) is 0 Å². The van der Waals surface area contributed by atoms with E-state index >= 15 is 0 Å². The molecule has 0 saturated heterocycles. The van der Waals surface area contributed by atoms with Gasteiger partial charge < -0.3 is 0 Å². The van der Waals surface area contributed by atoms with Crippen molar-refractivity contribution in [3.8, 4) is 0 Å². The molecule has 1 heterocycles. The van der Waals surface area contributed by atoms with Crippen LogP contribution in [0.15, 0.2) is 133 Å². The standard InChI is InChI=1S/C46H46N/c1-31(2)45(5,43-32(3)16-25-38-12-8-10-14-40(38)43)29-36-21-17-34(18-22-36)28-35-19-23-37(24-20-35)30-46(6)33(4)47(7)42-27-26-39-13-9-11-15-41(39)44(42)46/h8-27H,1,28-30H2,2-7H3/q+1. The Morgan fingerprint density at radius 3 is 1.85 bits per heavy atom. The minimum atomic E-state index is -0.157. The first-order valence-corrected chi connectivity index (χ1v) is 17.0. The summed E-state index contributed by atoms with van der Waals surface area (Å²) in [5, 5.41) is 5.30. The van der Waals surface area contributed by atoms with Crippen LogP contribution in [0.4, 0.5) is 5.69 Å². The van der Waals surface area contributed by atoms with Crippen LogP contribution in [0.1, 0.15) is 66.6 Å². The van der Waals surface area contributed by atoms with Gasteiger partial charge in [0.25, 0.3) is 0 Å². The molecule has 0 fully saturated rings. The van der Waals surface area contributed by atoms with Crippen LogP contribution in [0.3, 0.4) is 0 Å². The largest absolute Gasteiger partial charge is 0.209 e. The quantitative estimate of drug-likeness (QED) is 0.119. The Morgan fingerprint density at radius 2 is 1.21 bits per heavy atom. The number of fused-ring (bicyclic) bond motifs is 4. The second-order valence-corrected chi connectivity index (χ2v) is 14.4. The lowest BCUT2D eigenvalue weighted by Gasteiger charge is -2.34. The predicted octanol–water partition coefficient (Wildman–Crippen LogP) is 11.2. The van der Waals surface area contributed by atoms with Gasteiger partial charge in [-0.3, -0.25) is 0 Å². The zero-order valence-electron chi connectivity index (χ0n) is 28.8. The highest BCUT2D eigenvalue weighted by Crippen LogP contribution is 2.45. The van der Waals surface area contributed by atoms with E-state index in [0.717, 1.165) is 19.3 Å². The lowest BCUT2D eigenvalue weighted by Crippen LogP contribution is -2.32. The summed E-state index contributed by atoms with van der Waals surface area (Å²) in [5.41, 5.74) is 13.3. The molecule has 0 bridgehead atoms. The molecule has 0 N–H and O–H groups in total. The summed E-state index contributed by atoms with van der Waals surface area (Å²) in [4.78, 5) is 0. The minimum absolute atomic E-state index is 0.0504. The highest BCUT2D eigenvalue weighted by Gasteiger charge is 2.46. The molecule has 1 heteroatoms. The van der Waals surface area contributed by atoms with Gasteiger partial charge in [-0.25, -0.2) is 4.58 Å². The van der Waals surface area contributed by atoms with Gasteiger partial charge in [-0.15, -0.1) is 0 Å². The number of rotatable bonds is 8. The zero-order valence-corrected chi connectivity index (χ0v) is 28.8. The summed E-state index contributed by atoms with van der Waals surface area (Å²) in [5.74, 6) is 0. The third-order valence-electron chi connectivity index (χ3n) is 11.3. The SMILES string of the molecule is C=C(C)C(C)(Cc1ccc(Cc2ccc(CC3(C)C(C)=[N+](C)c4ccc5ccccc5c43)cc2)cc1)c1c(C)ccc2ccccc12. The second kappa shape index (κ2) is 11.8. The van der Waals surface area contributed by atoms with E-state index in [1.54, 1.807) is 0 Å². The van der Waals surface area contributed by atoms with Crippen LogP contribution in [-0.4, -0.2) is 17.3 Å². The number of hydrogen-bond acceptors (Lipinski definition) is 0. The molecule has 1 aliphatic heterocycles. The Labute approximate surface area is 280 Å². The number of allylic oxidation sites excluding steroid dienone is 1. The average Bonchev–Trinajstić information content (AvgIpc) is 3.27. The minimum Gasteiger partial charge on any atom is -0.202 e. The Hall–Kier alpha value is -4.75. The van der Waals surface area contributed by atoms with Gasteiger partial charge in [-0.2, -0.15) is 0 Å². The van der Waals surface area contributed by atoms with Gasteiger partial charge >= 0.3 is 0 Å². The molecule has 1 nitrogen and oxygen atoms in total. The molecule has 47 heavy (non-hydrogen) atoms. The van der Waals surface area contributed by atoms with Crippen LogP contribution in [0.25, 0.3) is 21.5 Å². The second-order valence-electron chi connectivity index (χ2n) is 14.4. The molecule has 0 amide bonds. The van der Waals surface area contributed by atoms with Crippen molar-refractivity contribution in [2.45, 2.75) is 64.7 Å². The van der Waals surface area contributed by atoms with Crippen LogP contribution in [0, 0.1) is 6.92 Å². The van der Waals surface area contributed by atoms with E-state index in [-0.39, 0.29) is 10.8 Å². The molecule has 2 atom stereocenters. The van der Waals surface area contributed by atoms with E-state index in [4.69, 9.17) is 0 Å². The van der Waals surface area contributed by atoms with Crippen molar-refractivity contribution in [1.29, 1.82) is 0 Å². The first-order valence-electron chi connectivity index (χ1n) is 17.0. The van der Waals surface area contributed by atoms with E-state index in [2.05, 4.69) is 174 Å². The first kappa shape index (κ1) is 30.9. The lowest BCUT2D eigenvalue weighted by atomic mass is 9.69. The highest BCUT2D eigenvalue weighted by molar-refractivity contribution is 6.02. The molecular weight excluding hydrogens is 567 g/mol. The summed E-state index contributed by atoms with van der Waals surface area (Å²) < 4.78 is 2.39. The van der Waals surface area contributed by atoms with Gasteiger partial charge in [0.05, 0.1) is 5.41 Å². The van der Waals surface area contributed by atoms with Crippen LogP contribution in [0.2, 0.25) is 0 Å². The normalized spacial score (nSPS) is 17.2. The van der Waals surface area contributed by atoms with Gasteiger partial charge in [0.1, 0.15) is 7.05 Å². The van der Waals surface area contributed by atoms with E-state index in [1.807, 2.05) is 0 Å². The summed E-state index contributed by atoms with van der Waals surface area (Å²) in [6.45, 7) is 16.0. The Morgan fingerprint density at radius 1 is 0.681 bits per heavy atom. The molecule has 0 saturated carbocycles. The number of benzene rings is 6. The summed E-state index contributed by atoms with van der Waals surface area (Å²) in [7, 11) is 2.21. The van der Waals surface area contributed by atoms with Crippen molar-refractivity contribution < 1.29 is 4.58 Å². The van der Waals surface area contributed by atoms with Crippen molar-refractivity contribution >= 4 is 32.9 Å². The Kier molecular flexibility index (Phi) is 7.75. The van der Waals surface area contributed by atoms with Crippen LogP contribution in [-0.2, 0) is 30.1 Å². The van der Waals surface area contributed by atoms with Crippen LogP contribution < -0.4 is 0 Å². The maximum Gasteiger partial charge on any atom is 0.209 e. The van der Waals surface area contributed by atoms with Crippen LogP contribution in [0.5, 0.6) is 0 Å². The summed E-state index contributed by atoms with van der Waals surface area (Å²) in [6.07, 6.45) is 2.84. The molecule has 0 radical (unpaired) electrons. The topological polar surface area (TPSA) is 3.01 Å². The average molecular weight is 613 g/mol. The molecule has 0 aliphatic carbocycles. The molecule has 0 aromatic heterocycles. The number of nitrogens with zero attached hydrogens (tertiary/aromatic N) is 1. The van der Waals surface area contributed by atoms with E-state index in [9.17, 15) is 0 Å². The van der Waals surface area contributed by atoms with Crippen molar-refractivity contribution in [2.24, 2.45) is 0 Å². The smallest absolute Gasteiger partial charge is 0.202 e. The molecule has 234 valence electrons. The highest BCUT2D eigenvalue weighted by atomic mass is 15.0. The van der Waals surface area contributed by atoms with Gasteiger partial charge in [-0.05, 0) is 101 Å². The lowest BCUT2D eigenvalue weighted by molar-refractivity contribution is -0.403. The molecular formula is C46H46N+. The van der Waals surface area contributed by atoms with E-state index in [1.165, 1.54) is 77.5 Å². The van der Waals surface area contributed by atoms with Gasteiger partial charge in [0, 0.05) is 24.0 Å². The maximum absolute atomic E-state index is 4.49.